The zero-order valence-corrected chi connectivity index (χ0v) is 13.6. The Morgan fingerprint density at radius 2 is 1.95 bits per heavy atom. The molecule has 0 spiro atoms. The highest BCUT2D eigenvalue weighted by Gasteiger charge is 2.14. The van der Waals surface area contributed by atoms with Gasteiger partial charge in [-0.25, -0.2) is 0 Å². The Bertz CT molecular complexity index is 381. The highest BCUT2D eigenvalue weighted by Crippen LogP contribution is 2.20. The van der Waals surface area contributed by atoms with Crippen LogP contribution >= 0.6 is 0 Å². The van der Waals surface area contributed by atoms with Gasteiger partial charge < -0.3 is 10.1 Å². The van der Waals surface area contributed by atoms with Crippen molar-refractivity contribution in [3.05, 3.63) is 29.8 Å². The maximum absolute atomic E-state index is 5.42. The van der Waals surface area contributed by atoms with Gasteiger partial charge in [0, 0.05) is 24.2 Å². The molecule has 20 heavy (non-hydrogen) atoms. The number of hydrogen-bond acceptors (Lipinski definition) is 3. The maximum atomic E-state index is 5.42. The molecule has 0 aliphatic rings. The Hall–Kier alpha value is -1.06. The van der Waals surface area contributed by atoms with E-state index in [2.05, 4.69) is 50.2 Å². The summed E-state index contributed by atoms with van der Waals surface area (Å²) in [5.74, 6) is 0.976. The summed E-state index contributed by atoms with van der Waals surface area (Å²) in [6.07, 6.45) is 2.35. The lowest BCUT2D eigenvalue weighted by Crippen LogP contribution is -2.36. The topological polar surface area (TPSA) is 24.5 Å². The van der Waals surface area contributed by atoms with Gasteiger partial charge in [0.25, 0.3) is 0 Å². The van der Waals surface area contributed by atoms with Crippen molar-refractivity contribution < 1.29 is 4.74 Å². The molecule has 0 aliphatic carbocycles. The molecule has 0 bridgehead atoms. The van der Waals surface area contributed by atoms with Crippen molar-refractivity contribution in [1.82, 2.24) is 10.2 Å². The first kappa shape index (κ1) is 17.0. The van der Waals surface area contributed by atoms with Crippen molar-refractivity contribution in [2.45, 2.75) is 52.2 Å². The molecule has 114 valence electrons. The summed E-state index contributed by atoms with van der Waals surface area (Å²) in [7, 11) is 3.92. The van der Waals surface area contributed by atoms with Gasteiger partial charge in [-0.05, 0) is 46.3 Å². The molecule has 3 nitrogen and oxygen atoms in total. The maximum Gasteiger partial charge on any atom is 0.123 e. The van der Waals surface area contributed by atoms with Crippen LogP contribution in [-0.2, 0) is 6.54 Å². The molecule has 1 rings (SSSR count). The minimum Gasteiger partial charge on any atom is -0.496 e. The zero-order chi connectivity index (χ0) is 15.0. The van der Waals surface area contributed by atoms with Crippen molar-refractivity contribution >= 4 is 0 Å². The average molecular weight is 278 g/mol. The largest absolute Gasteiger partial charge is 0.496 e. The number of hydrogen-bond donors (Lipinski definition) is 1. The van der Waals surface area contributed by atoms with Gasteiger partial charge in [-0.1, -0.05) is 25.1 Å². The van der Waals surface area contributed by atoms with Gasteiger partial charge in [0.15, 0.2) is 0 Å². The summed E-state index contributed by atoms with van der Waals surface area (Å²) in [5, 5.41) is 3.55. The molecule has 1 aromatic rings. The second kappa shape index (κ2) is 8.98. The van der Waals surface area contributed by atoms with Crippen molar-refractivity contribution in [1.29, 1.82) is 0 Å². The fourth-order valence-corrected chi connectivity index (χ4v) is 2.42. The van der Waals surface area contributed by atoms with Crippen molar-refractivity contribution in [2.24, 2.45) is 0 Å². The molecule has 1 N–H and O–H groups in total. The molecule has 1 aromatic carbocycles. The first-order chi connectivity index (χ1) is 9.58. The van der Waals surface area contributed by atoms with Crippen LogP contribution in [0.3, 0.4) is 0 Å². The van der Waals surface area contributed by atoms with Crippen LogP contribution in [0.15, 0.2) is 24.3 Å². The number of nitrogens with one attached hydrogen (secondary N) is 1. The Morgan fingerprint density at radius 1 is 1.25 bits per heavy atom. The van der Waals surface area contributed by atoms with Gasteiger partial charge in [0.2, 0.25) is 0 Å². The molecular formula is C17H30N2O. The van der Waals surface area contributed by atoms with Crippen molar-refractivity contribution in [3.63, 3.8) is 0 Å². The number of benzene rings is 1. The Labute approximate surface area is 124 Å². The molecule has 0 saturated heterocycles. The van der Waals surface area contributed by atoms with E-state index in [-0.39, 0.29) is 0 Å². The van der Waals surface area contributed by atoms with E-state index in [4.69, 9.17) is 4.74 Å². The molecule has 0 heterocycles. The zero-order valence-electron chi connectivity index (χ0n) is 13.6. The molecule has 0 amide bonds. The molecular weight excluding hydrogens is 248 g/mol. The van der Waals surface area contributed by atoms with E-state index in [1.807, 2.05) is 12.1 Å². The average Bonchev–Trinajstić information content (AvgIpc) is 2.45. The lowest BCUT2D eigenvalue weighted by Gasteiger charge is -2.28. The van der Waals surface area contributed by atoms with Crippen LogP contribution < -0.4 is 10.1 Å². The quantitative estimate of drug-likeness (QED) is 0.750. The predicted molar refractivity (Wildman–Crippen MR) is 86.3 cm³/mol. The SMILES string of the molecule is CCCNC(C)CC(C)N(C)Cc1ccccc1OC. The first-order valence-corrected chi connectivity index (χ1v) is 7.64. The number of para-hydroxylation sites is 1. The molecule has 0 aromatic heterocycles. The third-order valence-corrected chi connectivity index (χ3v) is 3.80. The van der Waals surface area contributed by atoms with Crippen LogP contribution in [0.4, 0.5) is 0 Å². The normalized spacial score (nSPS) is 14.3. The highest BCUT2D eigenvalue weighted by molar-refractivity contribution is 5.33. The van der Waals surface area contributed by atoms with E-state index < -0.39 is 0 Å². The van der Waals surface area contributed by atoms with E-state index in [9.17, 15) is 0 Å². The highest BCUT2D eigenvalue weighted by atomic mass is 16.5. The molecule has 0 aliphatic heterocycles. The second-order valence-electron chi connectivity index (χ2n) is 5.67. The van der Waals surface area contributed by atoms with Gasteiger partial charge >= 0.3 is 0 Å². The third-order valence-electron chi connectivity index (χ3n) is 3.80. The number of rotatable bonds is 9. The fraction of sp³-hybridized carbons (Fsp3) is 0.647. The summed E-state index contributed by atoms with van der Waals surface area (Å²) in [6.45, 7) is 8.79. The van der Waals surface area contributed by atoms with E-state index in [0.717, 1.165) is 25.3 Å². The Kier molecular flexibility index (Phi) is 7.63. The standard InChI is InChI=1S/C17H30N2O/c1-6-11-18-14(2)12-15(3)19(4)13-16-9-7-8-10-17(16)20-5/h7-10,14-15,18H,6,11-13H2,1-5H3. The summed E-state index contributed by atoms with van der Waals surface area (Å²) < 4.78 is 5.42. The lowest BCUT2D eigenvalue weighted by atomic mass is 10.1. The lowest BCUT2D eigenvalue weighted by molar-refractivity contribution is 0.220. The smallest absolute Gasteiger partial charge is 0.123 e. The molecule has 2 unspecified atom stereocenters. The molecule has 2 atom stereocenters. The minimum absolute atomic E-state index is 0.541. The number of nitrogens with zero attached hydrogens (tertiary/aromatic N) is 1. The molecule has 0 radical (unpaired) electrons. The summed E-state index contributed by atoms with van der Waals surface area (Å²) >= 11 is 0. The van der Waals surface area contributed by atoms with Crippen molar-refractivity contribution in [3.8, 4) is 5.75 Å². The molecule has 0 saturated carbocycles. The Balaban J connectivity index is 2.50. The van der Waals surface area contributed by atoms with Gasteiger partial charge in [0.1, 0.15) is 5.75 Å². The summed E-state index contributed by atoms with van der Waals surface area (Å²) in [6, 6.07) is 9.36. The van der Waals surface area contributed by atoms with Crippen LogP contribution in [0.1, 0.15) is 39.2 Å². The van der Waals surface area contributed by atoms with Crippen molar-refractivity contribution in [2.75, 3.05) is 20.7 Å². The van der Waals surface area contributed by atoms with Gasteiger partial charge in [-0.2, -0.15) is 0 Å². The van der Waals surface area contributed by atoms with E-state index in [1.54, 1.807) is 7.11 Å². The second-order valence-corrected chi connectivity index (χ2v) is 5.67. The molecule has 0 fully saturated rings. The van der Waals surface area contributed by atoms with Crippen LogP contribution in [0, 0.1) is 0 Å². The monoisotopic (exact) mass is 278 g/mol. The van der Waals surface area contributed by atoms with E-state index in [0.29, 0.717) is 12.1 Å². The summed E-state index contributed by atoms with van der Waals surface area (Å²) in [4.78, 5) is 2.39. The van der Waals surface area contributed by atoms with Crippen LogP contribution in [0.5, 0.6) is 5.75 Å². The van der Waals surface area contributed by atoms with E-state index >= 15 is 0 Å². The summed E-state index contributed by atoms with van der Waals surface area (Å²) in [5.41, 5.74) is 1.25. The molecule has 3 heteroatoms. The van der Waals surface area contributed by atoms with E-state index in [1.165, 1.54) is 12.0 Å². The minimum atomic E-state index is 0.541. The third kappa shape index (κ3) is 5.51. The Morgan fingerprint density at radius 3 is 2.60 bits per heavy atom. The number of ether oxygens (including phenoxy) is 1. The fourth-order valence-electron chi connectivity index (χ4n) is 2.42. The van der Waals surface area contributed by atoms with Crippen LogP contribution in [-0.4, -0.2) is 37.7 Å². The van der Waals surface area contributed by atoms with Gasteiger partial charge in [-0.15, -0.1) is 0 Å². The van der Waals surface area contributed by atoms with Crippen LogP contribution in [0.2, 0.25) is 0 Å². The van der Waals surface area contributed by atoms with Crippen LogP contribution in [0.25, 0.3) is 0 Å². The first-order valence-electron chi connectivity index (χ1n) is 7.64. The van der Waals surface area contributed by atoms with Gasteiger partial charge in [-0.3, -0.25) is 4.90 Å². The van der Waals surface area contributed by atoms with Gasteiger partial charge in [0.05, 0.1) is 7.11 Å². The number of methoxy groups -OCH3 is 1. The predicted octanol–water partition coefficient (Wildman–Crippen LogP) is 3.29.